The van der Waals surface area contributed by atoms with Gasteiger partial charge < -0.3 is 4.90 Å². The van der Waals surface area contributed by atoms with Crippen LogP contribution < -0.4 is 9.80 Å². The van der Waals surface area contributed by atoms with Crippen molar-refractivity contribution in [3.05, 3.63) is 236 Å². The highest BCUT2D eigenvalue weighted by atomic mass is 15.2. The Morgan fingerprint density at radius 3 is 1.51 bits per heavy atom. The molecule has 0 radical (unpaired) electrons. The van der Waals surface area contributed by atoms with Crippen LogP contribution in [0.4, 0.5) is 34.3 Å². The molecule has 290 valence electrons. The lowest BCUT2D eigenvalue weighted by Gasteiger charge is -2.29. The maximum atomic E-state index is 5.16. The first-order chi connectivity index (χ1) is 30.0. The van der Waals surface area contributed by atoms with E-state index in [1.54, 1.807) is 0 Å². The molecule has 3 nitrogen and oxygen atoms in total. The van der Waals surface area contributed by atoms with Crippen LogP contribution in [0.3, 0.4) is 0 Å². The molecule has 0 fully saturated rings. The zero-order valence-corrected chi connectivity index (χ0v) is 34.2. The standard InChI is InChI=1S/C58H43N3/c1-58(2)53-23-11-10-22-51(53)52-36-35-48(38-54(52)58)60(55-24-12-18-43-16-6-8-20-49(43)55)46-31-28-42(29-32-46)45-30-37-57(59-39-45)61(56-25-13-19-44-17-7-9-21-50(44)56)47-33-26-41(27-34-47)40-14-4-3-5-15-40/h3-39H,1-2H3. The molecule has 1 aliphatic carbocycles. The van der Waals surface area contributed by atoms with Crippen LogP contribution in [0.25, 0.3) is 54.9 Å². The Hall–Kier alpha value is -7.75. The third kappa shape index (κ3) is 6.34. The molecule has 1 aromatic heterocycles. The molecule has 10 aromatic rings. The maximum absolute atomic E-state index is 5.16. The van der Waals surface area contributed by atoms with E-state index in [1.165, 1.54) is 54.9 Å². The minimum Gasteiger partial charge on any atom is -0.310 e. The molecular weight excluding hydrogens is 739 g/mol. The van der Waals surface area contributed by atoms with Crippen LogP contribution in [0.1, 0.15) is 25.0 Å². The molecule has 1 heterocycles. The van der Waals surface area contributed by atoms with Crippen molar-refractivity contribution < 1.29 is 0 Å². The lowest BCUT2D eigenvalue weighted by Crippen LogP contribution is -2.16. The van der Waals surface area contributed by atoms with Gasteiger partial charge in [0, 0.05) is 45.0 Å². The first-order valence-electron chi connectivity index (χ1n) is 21.0. The van der Waals surface area contributed by atoms with Crippen LogP contribution in [0, 0.1) is 0 Å². The van der Waals surface area contributed by atoms with Gasteiger partial charge in [-0.3, -0.25) is 4.90 Å². The number of hydrogen-bond donors (Lipinski definition) is 0. The third-order valence-corrected chi connectivity index (χ3v) is 12.5. The van der Waals surface area contributed by atoms with Crippen molar-refractivity contribution in [3.63, 3.8) is 0 Å². The van der Waals surface area contributed by atoms with Crippen LogP contribution in [-0.4, -0.2) is 4.98 Å². The smallest absolute Gasteiger partial charge is 0.137 e. The van der Waals surface area contributed by atoms with Crippen LogP contribution in [0.5, 0.6) is 0 Å². The number of aromatic nitrogens is 1. The van der Waals surface area contributed by atoms with Gasteiger partial charge in [-0.15, -0.1) is 0 Å². The number of nitrogens with zero attached hydrogens (tertiary/aromatic N) is 3. The molecule has 0 atom stereocenters. The predicted octanol–water partition coefficient (Wildman–Crippen LogP) is 16.0. The minimum absolute atomic E-state index is 0.107. The molecule has 0 unspecified atom stereocenters. The normalized spacial score (nSPS) is 12.6. The van der Waals surface area contributed by atoms with Crippen molar-refractivity contribution in [1.82, 2.24) is 4.98 Å². The van der Waals surface area contributed by atoms with Crippen molar-refractivity contribution in [2.24, 2.45) is 0 Å². The average molecular weight is 782 g/mol. The quantitative estimate of drug-likeness (QED) is 0.153. The van der Waals surface area contributed by atoms with Gasteiger partial charge in [0.25, 0.3) is 0 Å². The second kappa shape index (κ2) is 14.8. The van der Waals surface area contributed by atoms with E-state index in [2.05, 4.69) is 242 Å². The van der Waals surface area contributed by atoms with E-state index >= 15 is 0 Å². The van der Waals surface area contributed by atoms with Crippen molar-refractivity contribution >= 4 is 55.8 Å². The zero-order valence-electron chi connectivity index (χ0n) is 34.2. The fraction of sp³-hybridized carbons (Fsp3) is 0.0517. The van der Waals surface area contributed by atoms with E-state index in [0.29, 0.717) is 0 Å². The predicted molar refractivity (Wildman–Crippen MR) is 257 cm³/mol. The molecule has 3 heteroatoms. The summed E-state index contributed by atoms with van der Waals surface area (Å²) in [6, 6.07) is 78.7. The summed E-state index contributed by atoms with van der Waals surface area (Å²) in [6.45, 7) is 4.70. The molecule has 61 heavy (non-hydrogen) atoms. The Balaban J connectivity index is 0.968. The summed E-state index contributed by atoms with van der Waals surface area (Å²) in [5.41, 5.74) is 15.3. The van der Waals surface area contributed by atoms with Gasteiger partial charge in [0.15, 0.2) is 0 Å². The molecule has 11 rings (SSSR count). The van der Waals surface area contributed by atoms with Gasteiger partial charge in [-0.25, -0.2) is 4.98 Å². The third-order valence-electron chi connectivity index (χ3n) is 12.5. The van der Waals surface area contributed by atoms with E-state index in [4.69, 9.17) is 4.98 Å². The lowest BCUT2D eigenvalue weighted by molar-refractivity contribution is 0.660. The summed E-state index contributed by atoms with van der Waals surface area (Å²) in [5, 5.41) is 4.79. The van der Waals surface area contributed by atoms with Gasteiger partial charge >= 0.3 is 0 Å². The SMILES string of the molecule is CC1(C)c2ccccc2-c2ccc(N(c3ccc(-c4ccc(N(c5ccc(-c6ccccc6)cc5)c5cccc6ccccc56)nc4)cc3)c3cccc4ccccc34)cc21. The molecule has 0 saturated heterocycles. The van der Waals surface area contributed by atoms with E-state index < -0.39 is 0 Å². The van der Waals surface area contributed by atoms with Crippen molar-refractivity contribution in [2.45, 2.75) is 19.3 Å². The van der Waals surface area contributed by atoms with Gasteiger partial charge in [-0.05, 0) is 110 Å². The van der Waals surface area contributed by atoms with Crippen LogP contribution in [0.15, 0.2) is 225 Å². The highest BCUT2D eigenvalue weighted by Crippen LogP contribution is 2.51. The Morgan fingerprint density at radius 2 is 0.852 bits per heavy atom. The average Bonchev–Trinajstić information content (AvgIpc) is 3.55. The van der Waals surface area contributed by atoms with Gasteiger partial charge in [-0.1, -0.05) is 172 Å². The van der Waals surface area contributed by atoms with Gasteiger partial charge in [0.05, 0.1) is 11.4 Å². The van der Waals surface area contributed by atoms with E-state index in [0.717, 1.165) is 45.4 Å². The van der Waals surface area contributed by atoms with Gasteiger partial charge in [0.2, 0.25) is 0 Å². The second-order valence-corrected chi connectivity index (χ2v) is 16.4. The van der Waals surface area contributed by atoms with E-state index in [1.807, 2.05) is 6.20 Å². The van der Waals surface area contributed by atoms with Gasteiger partial charge in [-0.2, -0.15) is 0 Å². The van der Waals surface area contributed by atoms with Crippen molar-refractivity contribution in [3.8, 4) is 33.4 Å². The van der Waals surface area contributed by atoms with E-state index in [-0.39, 0.29) is 5.41 Å². The summed E-state index contributed by atoms with van der Waals surface area (Å²) in [5.74, 6) is 0.855. The molecule has 0 amide bonds. The molecule has 0 N–H and O–H groups in total. The summed E-state index contributed by atoms with van der Waals surface area (Å²) in [6.07, 6.45) is 2.00. The molecule has 1 aliphatic rings. The van der Waals surface area contributed by atoms with E-state index in [9.17, 15) is 0 Å². The molecule has 0 aliphatic heterocycles. The van der Waals surface area contributed by atoms with Crippen LogP contribution >= 0.6 is 0 Å². The summed E-state index contributed by atoms with van der Waals surface area (Å²) in [7, 11) is 0. The van der Waals surface area contributed by atoms with Crippen molar-refractivity contribution in [1.29, 1.82) is 0 Å². The zero-order chi connectivity index (χ0) is 40.9. The fourth-order valence-corrected chi connectivity index (χ4v) is 9.39. The molecule has 9 aromatic carbocycles. The number of fused-ring (bicyclic) bond motifs is 5. The highest BCUT2D eigenvalue weighted by molar-refractivity contribution is 6.00. The Kier molecular flexibility index (Phi) is 8.82. The summed E-state index contributed by atoms with van der Waals surface area (Å²) in [4.78, 5) is 9.84. The fourth-order valence-electron chi connectivity index (χ4n) is 9.39. The lowest BCUT2D eigenvalue weighted by atomic mass is 9.82. The molecule has 0 saturated carbocycles. The number of benzene rings is 9. The van der Waals surface area contributed by atoms with Crippen molar-refractivity contribution in [2.75, 3.05) is 9.80 Å². The second-order valence-electron chi connectivity index (χ2n) is 16.4. The van der Waals surface area contributed by atoms with Crippen LogP contribution in [-0.2, 0) is 5.41 Å². The molecule has 0 bridgehead atoms. The Labute approximate surface area is 357 Å². The number of rotatable bonds is 8. The Bertz CT molecular complexity index is 3190. The molecule has 0 spiro atoms. The van der Waals surface area contributed by atoms with Crippen LogP contribution in [0.2, 0.25) is 0 Å². The maximum Gasteiger partial charge on any atom is 0.137 e. The Morgan fingerprint density at radius 1 is 0.361 bits per heavy atom. The first-order valence-corrected chi connectivity index (χ1v) is 21.0. The number of pyridine rings is 1. The number of anilines is 6. The monoisotopic (exact) mass is 781 g/mol. The highest BCUT2D eigenvalue weighted by Gasteiger charge is 2.35. The van der Waals surface area contributed by atoms with Gasteiger partial charge in [0.1, 0.15) is 5.82 Å². The number of hydrogen-bond acceptors (Lipinski definition) is 3. The topological polar surface area (TPSA) is 19.4 Å². The first kappa shape index (κ1) is 36.3. The molecular formula is C58H43N3. The summed E-state index contributed by atoms with van der Waals surface area (Å²) >= 11 is 0. The minimum atomic E-state index is -0.107. The summed E-state index contributed by atoms with van der Waals surface area (Å²) < 4.78 is 0. The largest absolute Gasteiger partial charge is 0.310 e.